The van der Waals surface area contributed by atoms with Crippen molar-refractivity contribution in [1.29, 1.82) is 0 Å². The highest BCUT2D eigenvalue weighted by molar-refractivity contribution is 7.13. The van der Waals surface area contributed by atoms with Gasteiger partial charge in [0.15, 0.2) is 5.13 Å². The largest absolute Gasteiger partial charge is 0.368 e. The zero-order chi connectivity index (χ0) is 17.3. The quantitative estimate of drug-likeness (QED) is 0.862. The number of benzene rings is 1. The molecule has 1 aromatic carbocycles. The van der Waals surface area contributed by atoms with Crippen LogP contribution in [-0.4, -0.2) is 48.8 Å². The average molecular weight is 367 g/mol. The number of hydrazine groups is 1. The van der Waals surface area contributed by atoms with Gasteiger partial charge in [-0.25, -0.2) is 10.4 Å². The second-order valence-corrected chi connectivity index (χ2v) is 7.37. The highest BCUT2D eigenvalue weighted by Gasteiger charge is 2.31. The summed E-state index contributed by atoms with van der Waals surface area (Å²) < 4.78 is 0. The van der Waals surface area contributed by atoms with E-state index in [4.69, 9.17) is 4.98 Å². The molecule has 1 aromatic heterocycles. The number of fused-ring (bicyclic) bond motifs is 1. The highest BCUT2D eigenvalue weighted by Crippen LogP contribution is 2.30. The molecule has 1 unspecified atom stereocenters. The zero-order valence-corrected chi connectivity index (χ0v) is 15.2. The van der Waals surface area contributed by atoms with E-state index in [1.165, 1.54) is 5.69 Å². The molecule has 7 nitrogen and oxygen atoms in total. The standard InChI is InChI=1S/C18H21N7S/c1-2-4-14(5-3-1)23-8-10-24(11-9-23)18-20-15(13-26-18)17-22-21-16-12-19-6-7-25(16)17/h1-6,12-13,17,21-22H,7-11H2. The van der Waals surface area contributed by atoms with Crippen LogP contribution in [0.3, 0.4) is 0 Å². The fraction of sp³-hybridized carbons (Fsp3) is 0.333. The molecule has 5 rings (SSSR count). The van der Waals surface area contributed by atoms with E-state index in [9.17, 15) is 0 Å². The number of aromatic nitrogens is 1. The van der Waals surface area contributed by atoms with Crippen LogP contribution < -0.4 is 20.7 Å². The van der Waals surface area contributed by atoms with Gasteiger partial charge in [-0.2, -0.15) is 0 Å². The van der Waals surface area contributed by atoms with Crippen molar-refractivity contribution < 1.29 is 0 Å². The van der Waals surface area contributed by atoms with Crippen molar-refractivity contribution in [3.05, 3.63) is 53.4 Å². The third kappa shape index (κ3) is 2.81. The van der Waals surface area contributed by atoms with Gasteiger partial charge in [-0.1, -0.05) is 18.2 Å². The molecule has 0 radical (unpaired) electrons. The Labute approximate surface area is 156 Å². The molecule has 1 atom stereocenters. The number of thiazole rings is 1. The first kappa shape index (κ1) is 15.7. The van der Waals surface area contributed by atoms with Gasteiger partial charge >= 0.3 is 0 Å². The predicted molar refractivity (Wildman–Crippen MR) is 105 cm³/mol. The summed E-state index contributed by atoms with van der Waals surface area (Å²) in [4.78, 5) is 16.2. The molecule has 26 heavy (non-hydrogen) atoms. The van der Waals surface area contributed by atoms with E-state index in [0.29, 0.717) is 0 Å². The second-order valence-electron chi connectivity index (χ2n) is 6.53. The van der Waals surface area contributed by atoms with Crippen molar-refractivity contribution in [2.24, 2.45) is 4.99 Å². The molecule has 2 fully saturated rings. The molecule has 0 bridgehead atoms. The molecular formula is C18H21N7S. The fourth-order valence-corrected chi connectivity index (χ4v) is 4.47. The van der Waals surface area contributed by atoms with Crippen LogP contribution in [-0.2, 0) is 0 Å². The monoisotopic (exact) mass is 367 g/mol. The number of nitrogens with zero attached hydrogens (tertiary/aromatic N) is 5. The van der Waals surface area contributed by atoms with E-state index in [1.54, 1.807) is 11.3 Å². The third-order valence-electron chi connectivity index (χ3n) is 5.00. The van der Waals surface area contributed by atoms with Gasteiger partial charge < -0.3 is 20.1 Å². The number of aliphatic imine (C=N–C) groups is 1. The molecule has 0 saturated carbocycles. The lowest BCUT2D eigenvalue weighted by Gasteiger charge is -2.36. The molecular weight excluding hydrogens is 346 g/mol. The van der Waals surface area contributed by atoms with Crippen LogP contribution >= 0.6 is 11.3 Å². The predicted octanol–water partition coefficient (Wildman–Crippen LogP) is 1.76. The number of rotatable bonds is 3. The summed E-state index contributed by atoms with van der Waals surface area (Å²) in [5.74, 6) is 1.00. The summed E-state index contributed by atoms with van der Waals surface area (Å²) in [6, 6.07) is 10.6. The van der Waals surface area contributed by atoms with Gasteiger partial charge in [0.25, 0.3) is 0 Å². The van der Waals surface area contributed by atoms with Crippen LogP contribution in [0.5, 0.6) is 0 Å². The lowest BCUT2D eigenvalue weighted by Crippen LogP contribution is -2.46. The summed E-state index contributed by atoms with van der Waals surface area (Å²) in [5.41, 5.74) is 8.85. The molecule has 0 amide bonds. The highest BCUT2D eigenvalue weighted by atomic mass is 32.1. The van der Waals surface area contributed by atoms with Gasteiger partial charge in [0.1, 0.15) is 12.0 Å². The van der Waals surface area contributed by atoms with Crippen LogP contribution in [0.1, 0.15) is 11.9 Å². The first-order valence-electron chi connectivity index (χ1n) is 8.89. The Bertz CT molecular complexity index is 823. The molecule has 4 heterocycles. The molecule has 0 spiro atoms. The van der Waals surface area contributed by atoms with Crippen LogP contribution in [0, 0.1) is 0 Å². The average Bonchev–Trinajstić information content (AvgIpc) is 3.36. The lowest BCUT2D eigenvalue weighted by molar-refractivity contribution is 0.308. The maximum Gasteiger partial charge on any atom is 0.185 e. The van der Waals surface area contributed by atoms with Crippen LogP contribution in [0.4, 0.5) is 10.8 Å². The lowest BCUT2D eigenvalue weighted by atomic mass is 10.2. The van der Waals surface area contributed by atoms with Gasteiger partial charge in [0.2, 0.25) is 0 Å². The summed E-state index contributed by atoms with van der Waals surface area (Å²) in [5, 5.41) is 3.27. The summed E-state index contributed by atoms with van der Waals surface area (Å²) in [7, 11) is 0. The number of anilines is 2. The topological polar surface area (TPSA) is 59.0 Å². The maximum atomic E-state index is 4.91. The first-order chi connectivity index (χ1) is 12.9. The minimum absolute atomic E-state index is 0.0589. The van der Waals surface area contributed by atoms with E-state index in [2.05, 4.69) is 66.3 Å². The Hall–Kier alpha value is -2.58. The van der Waals surface area contributed by atoms with Crippen molar-refractivity contribution in [2.75, 3.05) is 42.5 Å². The number of piperazine rings is 1. The Morgan fingerprint density at radius 2 is 1.85 bits per heavy atom. The van der Waals surface area contributed by atoms with Crippen molar-refractivity contribution in [3.8, 4) is 0 Å². The Morgan fingerprint density at radius 3 is 2.69 bits per heavy atom. The van der Waals surface area contributed by atoms with E-state index >= 15 is 0 Å². The Kier molecular flexibility index (Phi) is 3.99. The van der Waals surface area contributed by atoms with Crippen LogP contribution in [0.25, 0.3) is 0 Å². The van der Waals surface area contributed by atoms with E-state index in [0.717, 1.165) is 49.4 Å². The fourth-order valence-electron chi connectivity index (χ4n) is 3.58. The summed E-state index contributed by atoms with van der Waals surface area (Å²) in [6.07, 6.45) is 3.82. The SMILES string of the molecule is C1=NC=C2NNC(c3csc(N4CCN(c5ccccc5)CC4)n3)N2C1. The Morgan fingerprint density at radius 1 is 1.04 bits per heavy atom. The normalized spacial score (nSPS) is 22.2. The number of para-hydroxylation sites is 1. The Balaban J connectivity index is 1.25. The minimum Gasteiger partial charge on any atom is -0.368 e. The van der Waals surface area contributed by atoms with Gasteiger partial charge in [0.05, 0.1) is 18.4 Å². The number of nitrogens with one attached hydrogen (secondary N) is 2. The van der Waals surface area contributed by atoms with Gasteiger partial charge in [0, 0.05) is 43.5 Å². The summed E-state index contributed by atoms with van der Waals surface area (Å²) in [6.45, 7) is 4.84. The van der Waals surface area contributed by atoms with E-state index in [-0.39, 0.29) is 6.17 Å². The van der Waals surface area contributed by atoms with Gasteiger partial charge in [-0.05, 0) is 12.1 Å². The van der Waals surface area contributed by atoms with Gasteiger partial charge in [-0.15, -0.1) is 11.3 Å². The molecule has 3 aliphatic heterocycles. The first-order valence-corrected chi connectivity index (χ1v) is 9.77. The van der Waals surface area contributed by atoms with E-state index < -0.39 is 0 Å². The molecule has 8 heteroatoms. The maximum absolute atomic E-state index is 4.91. The van der Waals surface area contributed by atoms with Crippen LogP contribution in [0.2, 0.25) is 0 Å². The van der Waals surface area contributed by atoms with Crippen molar-refractivity contribution >= 4 is 28.4 Å². The molecule has 3 aliphatic rings. The van der Waals surface area contributed by atoms with Crippen molar-refractivity contribution in [3.63, 3.8) is 0 Å². The summed E-state index contributed by atoms with van der Waals surface area (Å²) >= 11 is 1.73. The van der Waals surface area contributed by atoms with Gasteiger partial charge in [-0.3, -0.25) is 4.99 Å². The van der Waals surface area contributed by atoms with Crippen molar-refractivity contribution in [1.82, 2.24) is 20.7 Å². The molecule has 0 aliphatic carbocycles. The molecule has 2 saturated heterocycles. The number of hydrogen-bond acceptors (Lipinski definition) is 8. The molecule has 134 valence electrons. The molecule has 2 N–H and O–H groups in total. The van der Waals surface area contributed by atoms with Crippen molar-refractivity contribution in [2.45, 2.75) is 6.17 Å². The molecule has 2 aromatic rings. The van der Waals surface area contributed by atoms with E-state index in [1.807, 2.05) is 12.4 Å². The van der Waals surface area contributed by atoms with Crippen LogP contribution in [0.15, 0.2) is 52.7 Å². The minimum atomic E-state index is 0.0589. The third-order valence-corrected chi connectivity index (χ3v) is 5.92. The smallest absolute Gasteiger partial charge is 0.185 e. The number of hydrogen-bond donors (Lipinski definition) is 2. The zero-order valence-electron chi connectivity index (χ0n) is 14.4. The second kappa shape index (κ2) is 6.62.